The molecule has 1 aliphatic heterocycles. The molecule has 4 nitrogen and oxygen atoms in total. The van der Waals surface area contributed by atoms with E-state index < -0.39 is 0 Å². The number of carbonyl (C=O) groups is 1. The zero-order chi connectivity index (χ0) is 12.3. The summed E-state index contributed by atoms with van der Waals surface area (Å²) in [6.07, 6.45) is 3.62. The number of rotatable bonds is 2. The largest absolute Gasteiger partial charge is 0.378 e. The highest BCUT2D eigenvalue weighted by Crippen LogP contribution is 2.33. The number of amides is 2. The molecule has 1 aliphatic carbocycles. The van der Waals surface area contributed by atoms with Crippen LogP contribution in [0.4, 0.5) is 4.79 Å². The molecule has 2 fully saturated rings. The topological polar surface area (TPSA) is 41.6 Å². The van der Waals surface area contributed by atoms with Crippen LogP contribution in [0, 0.1) is 11.8 Å². The van der Waals surface area contributed by atoms with Gasteiger partial charge in [0.15, 0.2) is 0 Å². The minimum absolute atomic E-state index is 0.0990. The number of morpholine rings is 1. The number of nitrogens with one attached hydrogen (secondary N) is 1. The van der Waals surface area contributed by atoms with Crippen LogP contribution in [0.1, 0.15) is 33.1 Å². The molecule has 1 saturated heterocycles. The third-order valence-electron chi connectivity index (χ3n) is 4.36. The molecule has 0 aromatic carbocycles. The van der Waals surface area contributed by atoms with E-state index in [9.17, 15) is 4.79 Å². The average Bonchev–Trinajstić information content (AvgIpc) is 2.71. The van der Waals surface area contributed by atoms with Gasteiger partial charge in [0.05, 0.1) is 13.2 Å². The number of ether oxygens (including phenoxy) is 1. The van der Waals surface area contributed by atoms with E-state index >= 15 is 0 Å². The summed E-state index contributed by atoms with van der Waals surface area (Å²) in [5, 5.41) is 3.19. The van der Waals surface area contributed by atoms with Crippen LogP contribution in [0.3, 0.4) is 0 Å². The Hall–Kier alpha value is -0.770. The molecule has 2 amide bonds. The summed E-state index contributed by atoms with van der Waals surface area (Å²) >= 11 is 0. The van der Waals surface area contributed by atoms with E-state index in [0.717, 1.165) is 25.4 Å². The quantitative estimate of drug-likeness (QED) is 0.800. The summed E-state index contributed by atoms with van der Waals surface area (Å²) in [6, 6.07) is 0.470. The highest BCUT2D eigenvalue weighted by molar-refractivity contribution is 5.74. The molecule has 1 saturated carbocycles. The predicted octanol–water partition coefficient (Wildman–Crippen LogP) is 1.85. The van der Waals surface area contributed by atoms with Gasteiger partial charge in [-0.25, -0.2) is 4.79 Å². The lowest BCUT2D eigenvalue weighted by molar-refractivity contribution is 0.0521. The van der Waals surface area contributed by atoms with E-state index in [4.69, 9.17) is 4.74 Å². The Morgan fingerprint density at radius 2 is 2.06 bits per heavy atom. The summed E-state index contributed by atoms with van der Waals surface area (Å²) in [4.78, 5) is 13.9. The first kappa shape index (κ1) is 12.7. The maximum Gasteiger partial charge on any atom is 0.317 e. The molecule has 2 rings (SSSR count). The highest BCUT2D eigenvalue weighted by atomic mass is 16.5. The van der Waals surface area contributed by atoms with Gasteiger partial charge in [0.25, 0.3) is 0 Å². The second-order valence-corrected chi connectivity index (χ2v) is 5.26. The van der Waals surface area contributed by atoms with Gasteiger partial charge in [0, 0.05) is 19.1 Å². The van der Waals surface area contributed by atoms with Gasteiger partial charge in [-0.1, -0.05) is 20.3 Å². The molecule has 1 N–H and O–H groups in total. The molecule has 0 bridgehead atoms. The summed E-state index contributed by atoms with van der Waals surface area (Å²) in [5.41, 5.74) is 0. The summed E-state index contributed by atoms with van der Waals surface area (Å²) < 4.78 is 5.25. The van der Waals surface area contributed by atoms with Crippen LogP contribution in [0.5, 0.6) is 0 Å². The van der Waals surface area contributed by atoms with Crippen LogP contribution in [0.2, 0.25) is 0 Å². The number of hydrogen-bond donors (Lipinski definition) is 1. The van der Waals surface area contributed by atoms with Crippen molar-refractivity contribution >= 4 is 6.03 Å². The number of nitrogens with zero attached hydrogens (tertiary/aromatic N) is 1. The minimum atomic E-state index is 0.0990. The van der Waals surface area contributed by atoms with Crippen LogP contribution in [0.15, 0.2) is 0 Å². The summed E-state index contributed by atoms with van der Waals surface area (Å²) in [7, 11) is 0. The standard InChI is InChI=1S/C13H24N2O2/c1-3-11-4-5-12(10(11)2)14-13(16)15-6-8-17-9-7-15/h10-12H,3-9H2,1-2H3,(H,14,16). The monoisotopic (exact) mass is 240 g/mol. The first-order valence-electron chi connectivity index (χ1n) is 6.85. The molecule has 4 heteroatoms. The van der Waals surface area contributed by atoms with Gasteiger partial charge < -0.3 is 15.0 Å². The van der Waals surface area contributed by atoms with Crippen LogP contribution in [0.25, 0.3) is 0 Å². The van der Waals surface area contributed by atoms with Crippen molar-refractivity contribution in [3.63, 3.8) is 0 Å². The van der Waals surface area contributed by atoms with Crippen molar-refractivity contribution in [2.24, 2.45) is 11.8 Å². The van der Waals surface area contributed by atoms with Gasteiger partial charge in [0.1, 0.15) is 0 Å². The van der Waals surface area contributed by atoms with Crippen molar-refractivity contribution in [1.82, 2.24) is 10.2 Å². The second-order valence-electron chi connectivity index (χ2n) is 5.26. The fourth-order valence-electron chi connectivity index (χ4n) is 3.04. The maximum atomic E-state index is 12.1. The zero-order valence-electron chi connectivity index (χ0n) is 10.9. The third-order valence-corrected chi connectivity index (χ3v) is 4.36. The Kier molecular flexibility index (Phi) is 4.26. The lowest BCUT2D eigenvalue weighted by Crippen LogP contribution is -2.50. The first-order valence-corrected chi connectivity index (χ1v) is 6.85. The minimum Gasteiger partial charge on any atom is -0.378 e. The van der Waals surface area contributed by atoms with Crippen molar-refractivity contribution in [1.29, 1.82) is 0 Å². The number of hydrogen-bond acceptors (Lipinski definition) is 2. The van der Waals surface area contributed by atoms with E-state index in [1.807, 2.05) is 4.90 Å². The van der Waals surface area contributed by atoms with Crippen LogP contribution in [-0.2, 0) is 4.74 Å². The maximum absolute atomic E-state index is 12.1. The Labute approximate surface area is 104 Å². The molecule has 0 aromatic rings. The third kappa shape index (κ3) is 2.92. The molecular weight excluding hydrogens is 216 g/mol. The van der Waals surface area contributed by atoms with E-state index in [1.54, 1.807) is 0 Å². The van der Waals surface area contributed by atoms with Crippen molar-refractivity contribution in [3.05, 3.63) is 0 Å². The average molecular weight is 240 g/mol. The van der Waals surface area contributed by atoms with Gasteiger partial charge in [-0.15, -0.1) is 0 Å². The molecule has 0 aromatic heterocycles. The lowest BCUT2D eigenvalue weighted by atomic mass is 9.93. The van der Waals surface area contributed by atoms with E-state index in [2.05, 4.69) is 19.2 Å². The Bertz CT molecular complexity index is 264. The molecule has 2 aliphatic rings. The molecule has 98 valence electrons. The van der Waals surface area contributed by atoms with E-state index in [1.165, 1.54) is 12.8 Å². The van der Waals surface area contributed by atoms with E-state index in [0.29, 0.717) is 25.2 Å². The summed E-state index contributed by atoms with van der Waals surface area (Å²) in [6.45, 7) is 7.31. The van der Waals surface area contributed by atoms with Crippen LogP contribution in [-0.4, -0.2) is 43.3 Å². The number of urea groups is 1. The molecule has 0 radical (unpaired) electrons. The predicted molar refractivity (Wildman–Crippen MR) is 66.9 cm³/mol. The van der Waals surface area contributed by atoms with Crippen molar-refractivity contribution in [2.45, 2.75) is 39.2 Å². The second kappa shape index (κ2) is 5.71. The van der Waals surface area contributed by atoms with Crippen molar-refractivity contribution < 1.29 is 9.53 Å². The normalized spacial score (nSPS) is 33.8. The van der Waals surface area contributed by atoms with Gasteiger partial charge >= 0.3 is 6.03 Å². The smallest absolute Gasteiger partial charge is 0.317 e. The highest BCUT2D eigenvalue weighted by Gasteiger charge is 2.33. The molecule has 1 heterocycles. The molecule has 0 spiro atoms. The van der Waals surface area contributed by atoms with Crippen LogP contribution < -0.4 is 5.32 Å². The fourth-order valence-corrected chi connectivity index (χ4v) is 3.04. The van der Waals surface area contributed by atoms with Crippen molar-refractivity contribution in [2.75, 3.05) is 26.3 Å². The van der Waals surface area contributed by atoms with Gasteiger partial charge in [0.2, 0.25) is 0 Å². The summed E-state index contributed by atoms with van der Waals surface area (Å²) in [5.74, 6) is 1.40. The van der Waals surface area contributed by atoms with E-state index in [-0.39, 0.29) is 6.03 Å². The first-order chi connectivity index (χ1) is 8.22. The molecule has 3 unspecified atom stereocenters. The molecule has 3 atom stereocenters. The molecule has 17 heavy (non-hydrogen) atoms. The Morgan fingerprint density at radius 1 is 1.35 bits per heavy atom. The molecular formula is C13H24N2O2. The van der Waals surface area contributed by atoms with Crippen LogP contribution >= 0.6 is 0 Å². The Balaban J connectivity index is 1.82. The lowest BCUT2D eigenvalue weighted by Gasteiger charge is -2.29. The van der Waals surface area contributed by atoms with Gasteiger partial charge in [-0.2, -0.15) is 0 Å². The van der Waals surface area contributed by atoms with Crippen molar-refractivity contribution in [3.8, 4) is 0 Å². The van der Waals surface area contributed by atoms with Gasteiger partial charge in [-0.05, 0) is 24.7 Å². The number of carbonyl (C=O) groups excluding carboxylic acids is 1. The van der Waals surface area contributed by atoms with Gasteiger partial charge in [-0.3, -0.25) is 0 Å². The fraction of sp³-hybridized carbons (Fsp3) is 0.923. The Morgan fingerprint density at radius 3 is 2.65 bits per heavy atom. The zero-order valence-corrected chi connectivity index (χ0v) is 10.9. The SMILES string of the molecule is CCC1CCC(NC(=O)N2CCOCC2)C1C.